The van der Waals surface area contributed by atoms with E-state index in [1.807, 2.05) is 30.3 Å². The lowest BCUT2D eigenvalue weighted by atomic mass is 10.1. The number of hydrogen-bond acceptors (Lipinski definition) is 6. The van der Waals surface area contributed by atoms with Gasteiger partial charge in [-0.2, -0.15) is 0 Å². The molecule has 1 heterocycles. The van der Waals surface area contributed by atoms with Gasteiger partial charge in [-0.3, -0.25) is 14.5 Å². The summed E-state index contributed by atoms with van der Waals surface area (Å²) in [6.45, 7) is 11.6. The van der Waals surface area contributed by atoms with Gasteiger partial charge in [-0.15, -0.1) is 0 Å². The first-order valence-electron chi connectivity index (χ1n) is 9.69. The van der Waals surface area contributed by atoms with Crippen LogP contribution < -0.4 is 0 Å². The lowest BCUT2D eigenvalue weighted by Gasteiger charge is -2.38. The molecule has 6 nitrogen and oxygen atoms in total. The van der Waals surface area contributed by atoms with E-state index in [0.717, 1.165) is 11.8 Å². The number of hydrogen-bond donors (Lipinski definition) is 1. The Morgan fingerprint density at radius 1 is 1.25 bits per heavy atom. The van der Waals surface area contributed by atoms with Gasteiger partial charge in [0, 0.05) is 6.54 Å². The number of nitrogens with one attached hydrogen (secondary N) is 1. The molecule has 154 valence electrons. The van der Waals surface area contributed by atoms with Crippen LogP contribution in [-0.4, -0.2) is 56.4 Å². The van der Waals surface area contributed by atoms with Gasteiger partial charge in [-0.1, -0.05) is 51.1 Å². The number of likely N-dealkylation sites (tertiary alicyclic amines) is 1. The van der Waals surface area contributed by atoms with Crippen LogP contribution in [0.25, 0.3) is 0 Å². The van der Waals surface area contributed by atoms with Crippen molar-refractivity contribution >= 4 is 26.3 Å². The minimum atomic E-state index is -1.98. The fourth-order valence-corrected chi connectivity index (χ4v) is 4.41. The van der Waals surface area contributed by atoms with Crippen LogP contribution >= 0.6 is 0 Å². The molecule has 1 N–H and O–H groups in total. The van der Waals surface area contributed by atoms with E-state index >= 15 is 0 Å². The summed E-state index contributed by atoms with van der Waals surface area (Å²) in [5.74, 6) is -0.670. The molecule has 0 aliphatic carbocycles. The lowest BCUT2D eigenvalue weighted by molar-refractivity contribution is -0.146. The number of rotatable bonds is 8. The van der Waals surface area contributed by atoms with Crippen molar-refractivity contribution in [3.8, 4) is 0 Å². The number of ketones is 1. The molecule has 7 heteroatoms. The smallest absolute Gasteiger partial charge is 0.320 e. The Hall–Kier alpha value is -1.83. The Bertz CT molecular complexity index is 700. The normalized spacial score (nSPS) is 20.8. The lowest BCUT2D eigenvalue weighted by Crippen LogP contribution is -2.44. The summed E-state index contributed by atoms with van der Waals surface area (Å²) in [4.78, 5) is 26.3. The van der Waals surface area contributed by atoms with Gasteiger partial charge in [0.15, 0.2) is 14.1 Å². The Labute approximate surface area is 168 Å². The van der Waals surface area contributed by atoms with E-state index in [4.69, 9.17) is 14.6 Å². The van der Waals surface area contributed by atoms with Gasteiger partial charge < -0.3 is 14.6 Å². The number of esters is 1. The van der Waals surface area contributed by atoms with Gasteiger partial charge in [-0.05, 0) is 30.1 Å². The topological polar surface area (TPSA) is 79.7 Å². The SMILES string of the molecule is CC(C)(C)[Si](C)(C)OC1C[C@H](C(=O)C=N)N(CC(=O)OCc2ccccc2)C1. The van der Waals surface area contributed by atoms with Gasteiger partial charge in [0.25, 0.3) is 0 Å². The number of carbonyl (C=O) groups is 2. The molecule has 0 bridgehead atoms. The highest BCUT2D eigenvalue weighted by Crippen LogP contribution is 2.38. The molecule has 28 heavy (non-hydrogen) atoms. The van der Waals surface area contributed by atoms with Crippen molar-refractivity contribution in [1.82, 2.24) is 4.90 Å². The average Bonchev–Trinajstić information content (AvgIpc) is 3.00. The second-order valence-electron chi connectivity index (χ2n) is 8.87. The van der Waals surface area contributed by atoms with E-state index in [-0.39, 0.29) is 36.0 Å². The molecular weight excluding hydrogens is 372 g/mol. The Morgan fingerprint density at radius 3 is 2.46 bits per heavy atom. The van der Waals surface area contributed by atoms with E-state index in [1.54, 1.807) is 4.90 Å². The molecule has 1 saturated heterocycles. The highest BCUT2D eigenvalue weighted by atomic mass is 28.4. The number of Topliss-reactive ketones (excluding diaryl/α,β-unsaturated/α-hetero) is 1. The summed E-state index contributed by atoms with van der Waals surface area (Å²) in [7, 11) is -1.98. The molecule has 1 aromatic carbocycles. The summed E-state index contributed by atoms with van der Waals surface area (Å²) >= 11 is 0. The maximum absolute atomic E-state index is 12.3. The van der Waals surface area contributed by atoms with Crippen molar-refractivity contribution in [2.45, 2.75) is 64.1 Å². The second kappa shape index (κ2) is 9.11. The van der Waals surface area contributed by atoms with E-state index < -0.39 is 14.4 Å². The van der Waals surface area contributed by atoms with Gasteiger partial charge in [-0.25, -0.2) is 0 Å². The third kappa shape index (κ3) is 5.83. The zero-order chi connectivity index (χ0) is 20.9. The number of benzene rings is 1. The molecule has 0 aromatic heterocycles. The van der Waals surface area contributed by atoms with Gasteiger partial charge in [0.1, 0.15) is 6.61 Å². The Balaban J connectivity index is 1.99. The van der Waals surface area contributed by atoms with Gasteiger partial charge in [0.05, 0.1) is 24.9 Å². The zero-order valence-corrected chi connectivity index (χ0v) is 18.5. The van der Waals surface area contributed by atoms with E-state index in [2.05, 4.69) is 33.9 Å². The maximum atomic E-state index is 12.3. The van der Waals surface area contributed by atoms with Crippen LogP contribution in [0.4, 0.5) is 0 Å². The summed E-state index contributed by atoms with van der Waals surface area (Å²) in [6, 6.07) is 8.99. The van der Waals surface area contributed by atoms with Crippen molar-refractivity contribution in [2.24, 2.45) is 0 Å². The highest BCUT2D eigenvalue weighted by molar-refractivity contribution is 6.74. The third-order valence-electron chi connectivity index (χ3n) is 5.68. The summed E-state index contributed by atoms with van der Waals surface area (Å²) < 4.78 is 11.8. The molecule has 0 amide bonds. The zero-order valence-electron chi connectivity index (χ0n) is 17.5. The molecule has 0 spiro atoms. The molecule has 0 saturated carbocycles. The predicted molar refractivity (Wildman–Crippen MR) is 112 cm³/mol. The molecule has 2 atom stereocenters. The molecule has 0 radical (unpaired) electrons. The van der Waals surface area contributed by atoms with E-state index in [1.165, 1.54) is 0 Å². The Kier molecular flexibility index (Phi) is 7.31. The Morgan fingerprint density at radius 2 is 1.89 bits per heavy atom. The van der Waals surface area contributed by atoms with E-state index in [0.29, 0.717) is 13.0 Å². The first-order chi connectivity index (χ1) is 13.0. The first-order valence-corrected chi connectivity index (χ1v) is 12.6. The van der Waals surface area contributed by atoms with Crippen molar-refractivity contribution in [1.29, 1.82) is 5.41 Å². The largest absolute Gasteiger partial charge is 0.460 e. The molecule has 1 aliphatic rings. The number of carbonyl (C=O) groups excluding carboxylic acids is 2. The summed E-state index contributed by atoms with van der Waals surface area (Å²) in [5.41, 5.74) is 0.920. The van der Waals surface area contributed by atoms with Crippen molar-refractivity contribution < 1.29 is 18.8 Å². The fourth-order valence-electron chi connectivity index (χ4n) is 3.06. The molecule has 1 unspecified atom stereocenters. The second-order valence-corrected chi connectivity index (χ2v) is 13.6. The molecular formula is C21H32N2O4Si. The molecule has 2 rings (SSSR count). The minimum absolute atomic E-state index is 0.0223. The van der Waals surface area contributed by atoms with E-state index in [9.17, 15) is 9.59 Å². The van der Waals surface area contributed by atoms with Crippen molar-refractivity contribution in [3.63, 3.8) is 0 Å². The van der Waals surface area contributed by atoms with Crippen LogP contribution in [0.1, 0.15) is 32.8 Å². The first kappa shape index (κ1) is 22.5. The highest BCUT2D eigenvalue weighted by Gasteiger charge is 2.44. The number of nitrogens with zero attached hydrogens (tertiary/aromatic N) is 1. The van der Waals surface area contributed by atoms with Crippen molar-refractivity contribution in [2.75, 3.05) is 13.1 Å². The maximum Gasteiger partial charge on any atom is 0.320 e. The fraction of sp³-hybridized carbons (Fsp3) is 0.571. The van der Waals surface area contributed by atoms with Crippen LogP contribution in [0.5, 0.6) is 0 Å². The van der Waals surface area contributed by atoms with Gasteiger partial charge in [0.2, 0.25) is 0 Å². The minimum Gasteiger partial charge on any atom is -0.460 e. The van der Waals surface area contributed by atoms with Crippen molar-refractivity contribution in [3.05, 3.63) is 35.9 Å². The third-order valence-corrected chi connectivity index (χ3v) is 10.2. The van der Waals surface area contributed by atoms with Crippen LogP contribution in [-0.2, 0) is 25.4 Å². The predicted octanol–water partition coefficient (Wildman–Crippen LogP) is 3.41. The quantitative estimate of drug-likeness (QED) is 0.408. The monoisotopic (exact) mass is 404 g/mol. The molecule has 1 aromatic rings. The molecule has 1 fully saturated rings. The van der Waals surface area contributed by atoms with Crippen LogP contribution in [0, 0.1) is 5.41 Å². The molecule has 1 aliphatic heterocycles. The summed E-state index contributed by atoms with van der Waals surface area (Å²) in [5, 5.41) is 7.40. The van der Waals surface area contributed by atoms with Crippen LogP contribution in [0.15, 0.2) is 30.3 Å². The summed E-state index contributed by atoms with van der Waals surface area (Å²) in [6.07, 6.45) is 1.23. The number of ether oxygens (including phenoxy) is 1. The average molecular weight is 405 g/mol. The van der Waals surface area contributed by atoms with Crippen LogP contribution in [0.3, 0.4) is 0 Å². The van der Waals surface area contributed by atoms with Gasteiger partial charge >= 0.3 is 5.97 Å². The van der Waals surface area contributed by atoms with Crippen LogP contribution in [0.2, 0.25) is 18.1 Å². The standard InChI is InChI=1S/C21H32N2O4Si/c1-21(2,3)28(4,5)27-17-11-18(19(24)12-22)23(13-17)14-20(25)26-15-16-9-7-6-8-10-16/h6-10,12,17-18,22H,11,13-15H2,1-5H3/t17?,18-/m1/s1.